The Morgan fingerprint density at radius 2 is 2.02 bits per heavy atom. The molecule has 2 N–H and O–H groups in total. The highest BCUT2D eigenvalue weighted by molar-refractivity contribution is 5.99. The summed E-state index contributed by atoms with van der Waals surface area (Å²) in [5.74, 6) is -5.07. The smallest absolute Gasteiger partial charge is 0.412 e. The van der Waals surface area contributed by atoms with Crippen molar-refractivity contribution < 1.29 is 47.4 Å². The number of amides is 3. The minimum Gasteiger partial charge on any atom is -0.480 e. The maximum absolute atomic E-state index is 14.2. The van der Waals surface area contributed by atoms with E-state index in [0.29, 0.717) is 25.3 Å². The first kappa shape index (κ1) is 31.4. The number of pyridine rings is 1. The number of oxime groups is 1. The van der Waals surface area contributed by atoms with Crippen LogP contribution >= 0.6 is 0 Å². The fraction of sp³-hybridized carbons (Fsp3) is 0.448. The monoisotopic (exact) mass is 631 g/mol. The number of rotatable bonds is 8. The number of nitrogens with one attached hydrogen (secondary N) is 1. The lowest BCUT2D eigenvalue weighted by molar-refractivity contribution is -0.137. The van der Waals surface area contributed by atoms with Crippen LogP contribution in [0.5, 0.6) is 5.75 Å². The Morgan fingerprint density at radius 3 is 2.69 bits per heavy atom. The SMILES string of the molecule is CC1=NO[C@@]2(CC[C@H](C)N3C[C@H]2n2cc(C(=O)NCc4ccc(F)cc4F)c(=O)c(OCOC(=O)N(C)CC(=O)O)c2C3=O)C1. The normalized spacial score (nSPS) is 21.8. The van der Waals surface area contributed by atoms with Crippen LogP contribution in [0.3, 0.4) is 0 Å². The van der Waals surface area contributed by atoms with E-state index < -0.39 is 77.2 Å². The zero-order valence-corrected chi connectivity index (χ0v) is 24.7. The topological polar surface area (TPSA) is 169 Å². The number of aromatic nitrogens is 1. The number of hydrogen-bond donors (Lipinski definition) is 2. The van der Waals surface area contributed by atoms with Gasteiger partial charge in [-0.25, -0.2) is 13.6 Å². The molecule has 3 atom stereocenters. The number of nitrogens with zero attached hydrogens (tertiary/aromatic N) is 4. The van der Waals surface area contributed by atoms with E-state index in [1.54, 1.807) is 11.8 Å². The van der Waals surface area contributed by atoms with Gasteiger partial charge in [-0.3, -0.25) is 19.2 Å². The van der Waals surface area contributed by atoms with Crippen LogP contribution in [0, 0.1) is 11.6 Å². The molecule has 240 valence electrons. The third-order valence-corrected chi connectivity index (χ3v) is 8.19. The maximum Gasteiger partial charge on any atom is 0.412 e. The maximum atomic E-state index is 14.2. The number of carboxylic acid groups (broad SMARTS) is 1. The van der Waals surface area contributed by atoms with Crippen LogP contribution in [0.1, 0.15) is 65.6 Å². The van der Waals surface area contributed by atoms with Crippen molar-refractivity contribution in [3.8, 4) is 5.75 Å². The molecule has 0 saturated carbocycles. The van der Waals surface area contributed by atoms with Crippen LogP contribution in [-0.2, 0) is 20.9 Å². The molecule has 45 heavy (non-hydrogen) atoms. The number of hydrogen-bond acceptors (Lipinski definition) is 9. The van der Waals surface area contributed by atoms with E-state index in [1.807, 2.05) is 6.92 Å². The van der Waals surface area contributed by atoms with Crippen molar-refractivity contribution in [2.75, 3.05) is 26.9 Å². The van der Waals surface area contributed by atoms with Crippen molar-refractivity contribution in [3.63, 3.8) is 0 Å². The third-order valence-electron chi connectivity index (χ3n) is 8.19. The molecule has 3 aliphatic rings. The van der Waals surface area contributed by atoms with E-state index >= 15 is 0 Å². The number of ether oxygens (including phenoxy) is 2. The lowest BCUT2D eigenvalue weighted by Gasteiger charge is -2.42. The molecule has 4 heterocycles. The van der Waals surface area contributed by atoms with Crippen LogP contribution in [0.15, 0.2) is 34.3 Å². The molecule has 2 aromatic rings. The van der Waals surface area contributed by atoms with Gasteiger partial charge in [0.1, 0.15) is 23.7 Å². The van der Waals surface area contributed by atoms with E-state index in [9.17, 15) is 32.8 Å². The number of benzene rings is 1. The van der Waals surface area contributed by atoms with E-state index in [-0.39, 0.29) is 30.4 Å². The van der Waals surface area contributed by atoms with Crippen LogP contribution in [0.25, 0.3) is 0 Å². The van der Waals surface area contributed by atoms with Crippen LogP contribution < -0.4 is 15.5 Å². The number of fused-ring (bicyclic) bond motifs is 5. The third kappa shape index (κ3) is 6.04. The average molecular weight is 632 g/mol. The minimum atomic E-state index is -1.29. The molecule has 1 spiro atoms. The number of carbonyl (C=O) groups is 4. The molecule has 0 unspecified atom stereocenters. The van der Waals surface area contributed by atoms with Crippen molar-refractivity contribution in [1.82, 2.24) is 19.7 Å². The van der Waals surface area contributed by atoms with E-state index in [0.717, 1.165) is 22.7 Å². The van der Waals surface area contributed by atoms with Gasteiger partial charge in [0.25, 0.3) is 11.8 Å². The molecule has 3 aliphatic heterocycles. The number of halogens is 2. The van der Waals surface area contributed by atoms with Gasteiger partial charge in [0, 0.05) is 50.4 Å². The summed E-state index contributed by atoms with van der Waals surface area (Å²) in [6.07, 6.45) is 1.63. The Hall–Kier alpha value is -5.02. The lowest BCUT2D eigenvalue weighted by Crippen LogP contribution is -2.52. The second-order valence-corrected chi connectivity index (χ2v) is 11.3. The van der Waals surface area contributed by atoms with E-state index in [4.69, 9.17) is 19.4 Å². The fourth-order valence-corrected chi connectivity index (χ4v) is 5.86. The number of carboxylic acids is 1. The average Bonchev–Trinajstić information content (AvgIpc) is 3.31. The summed E-state index contributed by atoms with van der Waals surface area (Å²) in [5.41, 5.74) is -1.90. The molecule has 1 fully saturated rings. The van der Waals surface area contributed by atoms with Gasteiger partial charge in [-0.05, 0) is 32.8 Å². The highest BCUT2D eigenvalue weighted by atomic mass is 19.1. The van der Waals surface area contributed by atoms with Gasteiger partial charge in [0.15, 0.2) is 11.3 Å². The highest BCUT2D eigenvalue weighted by Gasteiger charge is 2.54. The molecule has 14 nitrogen and oxygen atoms in total. The van der Waals surface area contributed by atoms with Gasteiger partial charge in [-0.1, -0.05) is 11.2 Å². The van der Waals surface area contributed by atoms with E-state index in [1.165, 1.54) is 17.8 Å². The van der Waals surface area contributed by atoms with Crippen molar-refractivity contribution >= 4 is 29.6 Å². The van der Waals surface area contributed by atoms with Gasteiger partial charge < -0.3 is 39.1 Å². The fourth-order valence-electron chi connectivity index (χ4n) is 5.86. The summed E-state index contributed by atoms with van der Waals surface area (Å²) in [5, 5.41) is 15.5. The summed E-state index contributed by atoms with van der Waals surface area (Å²) in [4.78, 5) is 72.6. The Balaban J connectivity index is 1.55. The zero-order chi connectivity index (χ0) is 32.6. The largest absolute Gasteiger partial charge is 0.480 e. The van der Waals surface area contributed by atoms with Gasteiger partial charge in [0.05, 0.1) is 11.8 Å². The second kappa shape index (κ2) is 12.2. The van der Waals surface area contributed by atoms with Crippen molar-refractivity contribution in [2.24, 2.45) is 5.16 Å². The predicted molar refractivity (Wildman–Crippen MR) is 151 cm³/mol. The van der Waals surface area contributed by atoms with Gasteiger partial charge >= 0.3 is 12.1 Å². The summed E-state index contributed by atoms with van der Waals surface area (Å²) in [7, 11) is 1.18. The summed E-state index contributed by atoms with van der Waals surface area (Å²) in [6.45, 7) is 1.89. The molecule has 1 aromatic carbocycles. The lowest BCUT2D eigenvalue weighted by atomic mass is 9.84. The van der Waals surface area contributed by atoms with Crippen molar-refractivity contribution in [2.45, 2.75) is 57.3 Å². The molecule has 1 aromatic heterocycles. The highest BCUT2D eigenvalue weighted by Crippen LogP contribution is 2.46. The Kier molecular flexibility index (Phi) is 8.49. The Labute approximate surface area is 255 Å². The first-order valence-electron chi connectivity index (χ1n) is 14.1. The molecular weight excluding hydrogens is 600 g/mol. The number of likely N-dealkylation sites (N-methyl/N-ethyl adjacent to an activating group) is 1. The second-order valence-electron chi connectivity index (χ2n) is 11.3. The van der Waals surface area contributed by atoms with Crippen LogP contribution in [-0.4, -0.2) is 87.6 Å². The summed E-state index contributed by atoms with van der Waals surface area (Å²) < 4.78 is 39.6. The molecule has 5 rings (SSSR count). The Bertz CT molecular complexity index is 1660. The molecule has 0 radical (unpaired) electrons. The Morgan fingerprint density at radius 1 is 1.27 bits per heavy atom. The number of aliphatic carboxylic acids is 1. The van der Waals surface area contributed by atoms with Crippen molar-refractivity contribution in [1.29, 1.82) is 0 Å². The molecule has 16 heteroatoms. The first-order chi connectivity index (χ1) is 21.3. The van der Waals surface area contributed by atoms with Gasteiger partial charge in [-0.15, -0.1) is 0 Å². The molecular formula is C29H31F2N5O9. The predicted octanol–water partition coefficient (Wildman–Crippen LogP) is 2.26. The summed E-state index contributed by atoms with van der Waals surface area (Å²) >= 11 is 0. The quantitative estimate of drug-likeness (QED) is 0.415. The standard InChI is InChI=1S/C29H31F2N5O9/c1-15-9-29(45-33-15)7-6-16(2)35-12-21(29)36-11-19(26(40)32-10-17-4-5-18(30)8-20(17)31)24(39)25(23(36)27(35)41)43-14-44-28(42)34(3)13-22(37)38/h4-5,8,11,16,21H,6-7,9-10,12-14H2,1-3H3,(H,32,40)(H,37,38)/t16-,21+,29-/m0/s1. The number of carbonyl (C=O) groups excluding carboxylic acids is 3. The zero-order valence-electron chi connectivity index (χ0n) is 24.7. The van der Waals surface area contributed by atoms with Crippen molar-refractivity contribution in [3.05, 3.63) is 63.1 Å². The first-order valence-corrected chi connectivity index (χ1v) is 14.1. The van der Waals surface area contributed by atoms with E-state index in [2.05, 4.69) is 10.5 Å². The van der Waals surface area contributed by atoms with Gasteiger partial charge in [-0.2, -0.15) is 0 Å². The molecule has 1 saturated heterocycles. The van der Waals surface area contributed by atoms with Crippen LogP contribution in [0.4, 0.5) is 13.6 Å². The molecule has 3 amide bonds. The van der Waals surface area contributed by atoms with Crippen LogP contribution in [0.2, 0.25) is 0 Å². The van der Waals surface area contributed by atoms with Gasteiger partial charge in [0.2, 0.25) is 18.0 Å². The molecule has 0 aliphatic carbocycles. The summed E-state index contributed by atoms with van der Waals surface area (Å²) in [6, 6.07) is 1.96. The minimum absolute atomic E-state index is 0.0359. The molecule has 2 bridgehead atoms.